The molecular weight excluding hydrogens is 228 g/mol. The smallest absolute Gasteiger partial charge is 0.225 e. The van der Waals surface area contributed by atoms with Crippen molar-refractivity contribution >= 4 is 17.4 Å². The summed E-state index contributed by atoms with van der Waals surface area (Å²) in [6, 6.07) is 4.10. The van der Waals surface area contributed by atoms with Crippen LogP contribution in [0.1, 0.15) is 19.3 Å². The highest BCUT2D eigenvalue weighted by atomic mass is 16.1. The zero-order valence-corrected chi connectivity index (χ0v) is 10.9. The fourth-order valence-corrected chi connectivity index (χ4v) is 2.09. The van der Waals surface area contributed by atoms with Crippen molar-refractivity contribution < 1.29 is 4.79 Å². The number of carbonyl (C=O) groups excluding carboxylic acids is 1. The quantitative estimate of drug-likeness (QED) is 0.841. The summed E-state index contributed by atoms with van der Waals surface area (Å²) in [5, 5.41) is 6.19. The topological polar surface area (TPSA) is 57.3 Å². The fourth-order valence-electron chi connectivity index (χ4n) is 2.09. The van der Waals surface area contributed by atoms with E-state index in [2.05, 4.69) is 15.6 Å². The Hall–Kier alpha value is -1.62. The van der Waals surface area contributed by atoms with Gasteiger partial charge in [0.05, 0.1) is 11.9 Å². The van der Waals surface area contributed by atoms with E-state index in [4.69, 9.17) is 0 Å². The van der Waals surface area contributed by atoms with E-state index >= 15 is 0 Å². The van der Waals surface area contributed by atoms with Crippen molar-refractivity contribution in [2.24, 2.45) is 0 Å². The molecule has 98 valence electrons. The first-order valence-electron chi connectivity index (χ1n) is 6.32. The number of amides is 1. The highest BCUT2D eigenvalue weighted by molar-refractivity contribution is 5.91. The number of nitrogens with one attached hydrogen (secondary N) is 2. The molecule has 5 heteroatoms. The number of hydrogen-bond acceptors (Lipinski definition) is 4. The number of nitrogens with zero attached hydrogens (tertiary/aromatic N) is 2. The Morgan fingerprint density at radius 2 is 2.39 bits per heavy atom. The number of rotatable bonds is 4. The van der Waals surface area contributed by atoms with Gasteiger partial charge in [-0.3, -0.25) is 4.79 Å². The minimum atomic E-state index is 0.0498. The molecule has 2 rings (SSSR count). The van der Waals surface area contributed by atoms with Gasteiger partial charge in [-0.25, -0.2) is 4.98 Å². The number of carbonyl (C=O) groups is 1. The van der Waals surface area contributed by atoms with Crippen molar-refractivity contribution in [2.45, 2.75) is 25.3 Å². The lowest BCUT2D eigenvalue weighted by atomic mass is 10.1. The molecule has 0 aliphatic carbocycles. The summed E-state index contributed by atoms with van der Waals surface area (Å²) < 4.78 is 0. The molecule has 1 aromatic heterocycles. The molecule has 1 unspecified atom stereocenters. The zero-order chi connectivity index (χ0) is 13.0. The maximum absolute atomic E-state index is 11.8. The number of anilines is 2. The predicted molar refractivity (Wildman–Crippen MR) is 72.8 cm³/mol. The van der Waals surface area contributed by atoms with Crippen LogP contribution in [0, 0.1) is 0 Å². The summed E-state index contributed by atoms with van der Waals surface area (Å²) in [6.07, 6.45) is 4.48. The van der Waals surface area contributed by atoms with Crippen LogP contribution in [0.15, 0.2) is 18.3 Å². The lowest BCUT2D eigenvalue weighted by Crippen LogP contribution is -2.27. The van der Waals surface area contributed by atoms with Crippen LogP contribution >= 0.6 is 0 Å². The second kappa shape index (κ2) is 5.82. The minimum Gasteiger partial charge on any atom is -0.363 e. The van der Waals surface area contributed by atoms with E-state index in [0.717, 1.165) is 30.9 Å². The third kappa shape index (κ3) is 3.43. The van der Waals surface area contributed by atoms with Crippen molar-refractivity contribution in [3.63, 3.8) is 0 Å². The third-order valence-electron chi connectivity index (χ3n) is 3.08. The van der Waals surface area contributed by atoms with Gasteiger partial charge in [0.2, 0.25) is 5.91 Å². The summed E-state index contributed by atoms with van der Waals surface area (Å²) in [4.78, 5) is 18.0. The largest absolute Gasteiger partial charge is 0.363 e. The second-order valence-corrected chi connectivity index (χ2v) is 4.85. The van der Waals surface area contributed by atoms with Crippen molar-refractivity contribution in [3.05, 3.63) is 18.3 Å². The number of pyridine rings is 1. The molecule has 0 bridgehead atoms. The lowest BCUT2D eigenvalue weighted by molar-refractivity contribution is -0.116. The molecule has 0 saturated carbocycles. The summed E-state index contributed by atoms with van der Waals surface area (Å²) in [5.41, 5.74) is 0.753. The van der Waals surface area contributed by atoms with Crippen LogP contribution in [0.5, 0.6) is 0 Å². The minimum absolute atomic E-state index is 0.0498. The Morgan fingerprint density at radius 3 is 2.94 bits per heavy atom. The molecule has 0 radical (unpaired) electrons. The first kappa shape index (κ1) is 12.8. The Bertz CT molecular complexity index is 396. The van der Waals surface area contributed by atoms with Gasteiger partial charge in [-0.2, -0.15) is 0 Å². The van der Waals surface area contributed by atoms with Crippen molar-refractivity contribution in [2.75, 3.05) is 30.9 Å². The fraction of sp³-hybridized carbons (Fsp3) is 0.538. The monoisotopic (exact) mass is 248 g/mol. The van der Waals surface area contributed by atoms with E-state index in [1.165, 1.54) is 0 Å². The Morgan fingerprint density at radius 1 is 1.56 bits per heavy atom. The van der Waals surface area contributed by atoms with Gasteiger partial charge in [-0.15, -0.1) is 0 Å². The van der Waals surface area contributed by atoms with Gasteiger partial charge in [-0.1, -0.05) is 0 Å². The first-order chi connectivity index (χ1) is 8.65. The van der Waals surface area contributed by atoms with Crippen molar-refractivity contribution in [1.82, 2.24) is 10.3 Å². The van der Waals surface area contributed by atoms with E-state index in [9.17, 15) is 4.79 Å². The van der Waals surface area contributed by atoms with Crippen LogP contribution in [-0.2, 0) is 4.79 Å². The Balaban J connectivity index is 1.86. The van der Waals surface area contributed by atoms with E-state index in [0.29, 0.717) is 12.5 Å². The lowest BCUT2D eigenvalue weighted by Gasteiger charge is -2.13. The van der Waals surface area contributed by atoms with Crippen LogP contribution in [0.4, 0.5) is 11.5 Å². The van der Waals surface area contributed by atoms with E-state index < -0.39 is 0 Å². The van der Waals surface area contributed by atoms with E-state index in [1.807, 2.05) is 31.1 Å². The molecule has 1 aliphatic rings. The van der Waals surface area contributed by atoms with Crippen LogP contribution in [0.25, 0.3) is 0 Å². The second-order valence-electron chi connectivity index (χ2n) is 4.85. The van der Waals surface area contributed by atoms with Crippen LogP contribution < -0.4 is 15.5 Å². The average Bonchev–Trinajstić information content (AvgIpc) is 2.82. The van der Waals surface area contributed by atoms with E-state index in [1.54, 1.807) is 6.20 Å². The van der Waals surface area contributed by atoms with Crippen LogP contribution in [0.3, 0.4) is 0 Å². The molecule has 1 fully saturated rings. The summed E-state index contributed by atoms with van der Waals surface area (Å²) in [7, 11) is 3.87. The van der Waals surface area contributed by atoms with Gasteiger partial charge in [0.1, 0.15) is 5.82 Å². The average molecular weight is 248 g/mol. The molecule has 0 aromatic carbocycles. The molecular formula is C13H20N4O. The molecule has 2 N–H and O–H groups in total. The van der Waals surface area contributed by atoms with Crippen LogP contribution in [-0.4, -0.2) is 37.6 Å². The van der Waals surface area contributed by atoms with Gasteiger partial charge in [-0.05, 0) is 31.5 Å². The predicted octanol–water partition coefficient (Wildman–Crippen LogP) is 1.23. The summed E-state index contributed by atoms with van der Waals surface area (Å²) >= 11 is 0. The van der Waals surface area contributed by atoms with Crippen molar-refractivity contribution in [1.29, 1.82) is 0 Å². The molecule has 1 aliphatic heterocycles. The van der Waals surface area contributed by atoms with Crippen molar-refractivity contribution in [3.8, 4) is 0 Å². The maximum atomic E-state index is 11.8. The summed E-state index contributed by atoms with van der Waals surface area (Å²) in [5.74, 6) is 0.930. The molecule has 1 aromatic rings. The van der Waals surface area contributed by atoms with Gasteiger partial charge in [0, 0.05) is 26.6 Å². The Labute approximate surface area is 108 Å². The first-order valence-corrected chi connectivity index (χ1v) is 6.32. The molecule has 18 heavy (non-hydrogen) atoms. The van der Waals surface area contributed by atoms with Gasteiger partial charge < -0.3 is 15.5 Å². The highest BCUT2D eigenvalue weighted by Crippen LogP contribution is 2.13. The maximum Gasteiger partial charge on any atom is 0.225 e. The van der Waals surface area contributed by atoms with Gasteiger partial charge in [0.15, 0.2) is 0 Å². The molecule has 1 amide bonds. The molecule has 0 spiro atoms. The van der Waals surface area contributed by atoms with Gasteiger partial charge >= 0.3 is 0 Å². The number of hydrogen-bond donors (Lipinski definition) is 2. The normalized spacial score (nSPS) is 18.7. The highest BCUT2D eigenvalue weighted by Gasteiger charge is 2.17. The molecule has 1 saturated heterocycles. The SMILES string of the molecule is CN(C)c1ccc(NC(=O)CC2CCCN2)cn1. The number of aromatic nitrogens is 1. The Kier molecular flexibility index (Phi) is 4.15. The standard InChI is InChI=1S/C13H20N4O/c1-17(2)12-6-5-11(9-15-12)16-13(18)8-10-4-3-7-14-10/h5-6,9-10,14H,3-4,7-8H2,1-2H3,(H,16,18). The third-order valence-corrected chi connectivity index (χ3v) is 3.08. The molecule has 1 atom stereocenters. The zero-order valence-electron chi connectivity index (χ0n) is 10.9. The van der Waals surface area contributed by atoms with E-state index in [-0.39, 0.29) is 5.91 Å². The van der Waals surface area contributed by atoms with Gasteiger partial charge in [0.25, 0.3) is 0 Å². The summed E-state index contributed by atoms with van der Waals surface area (Å²) in [6.45, 7) is 1.02. The molecule has 2 heterocycles. The molecule has 5 nitrogen and oxygen atoms in total. The van der Waals surface area contributed by atoms with Crippen LogP contribution in [0.2, 0.25) is 0 Å².